The second-order valence-electron chi connectivity index (χ2n) is 0.680. The third kappa shape index (κ3) is 8.93. The third-order valence-electron chi connectivity index (χ3n) is 0.218. The molecule has 0 saturated carbocycles. The Balaban J connectivity index is 0. The molecule has 1 radical (unpaired) electrons. The molecule has 0 atom stereocenters. The first-order valence-corrected chi connectivity index (χ1v) is 2.22. The van der Waals surface area contributed by atoms with Gasteiger partial charge >= 0.3 is 0 Å². The summed E-state index contributed by atoms with van der Waals surface area (Å²) in [6.07, 6.45) is 0.586. The molecule has 3 heteroatoms. The lowest BCUT2D eigenvalue weighted by Gasteiger charge is -1.84. The van der Waals surface area contributed by atoms with E-state index >= 15 is 0 Å². The molecule has 0 rings (SSSR count). The van der Waals surface area contributed by atoms with Crippen LogP contribution >= 0.6 is 23.2 Å². The van der Waals surface area contributed by atoms with Crippen LogP contribution in [0, 0.1) is 6.92 Å². The van der Waals surface area contributed by atoms with Gasteiger partial charge in [0.15, 0.2) is 17.4 Å². The highest BCUT2D eigenvalue weighted by molar-refractivity contribution is 6.44. The minimum absolute atomic E-state index is 0. The van der Waals surface area contributed by atoms with Gasteiger partial charge in [0.1, 0.15) is 4.84 Å². The Morgan fingerprint density at radius 1 is 1.50 bits per heavy atom. The zero-order valence-corrected chi connectivity index (χ0v) is 4.26. The van der Waals surface area contributed by atoms with Gasteiger partial charge in [0, 0.05) is 0 Å². The van der Waals surface area contributed by atoms with Crippen LogP contribution in [-0.4, -0.2) is 22.2 Å². The van der Waals surface area contributed by atoms with Gasteiger partial charge in [0.25, 0.3) is 0 Å². The summed E-state index contributed by atoms with van der Waals surface area (Å²) < 4.78 is 0. The Morgan fingerprint density at radius 3 is 1.67 bits per heavy atom. The van der Waals surface area contributed by atoms with Crippen LogP contribution in [0.1, 0.15) is 6.42 Å². The smallest absolute Gasteiger partial charge is 0.105 e. The molecule has 0 spiro atoms. The van der Waals surface area contributed by atoms with Crippen LogP contribution in [0.15, 0.2) is 0 Å². The molecule has 0 nitrogen and oxygen atoms in total. The first kappa shape index (κ1) is 10.2. The maximum atomic E-state index is 5.17. The summed E-state index contributed by atoms with van der Waals surface area (Å²) in [4.78, 5) is -0.282. The van der Waals surface area contributed by atoms with Gasteiger partial charge in [-0.25, -0.2) is 0 Å². The lowest BCUT2D eigenvalue weighted by atomic mass is 10.6. The maximum absolute atomic E-state index is 5.17. The molecule has 37 valence electrons. The average Bonchev–Trinajstić information content (AvgIpc) is 1.38. The molecule has 6 heavy (non-hydrogen) atoms. The predicted molar refractivity (Wildman–Crippen MR) is 35.4 cm³/mol. The van der Waals surface area contributed by atoms with Gasteiger partial charge in [-0.15, -0.1) is 23.2 Å². The zero-order valence-electron chi connectivity index (χ0n) is 2.75. The van der Waals surface area contributed by atoms with E-state index in [4.69, 9.17) is 23.2 Å². The van der Waals surface area contributed by atoms with E-state index in [-0.39, 0.29) is 22.2 Å². The van der Waals surface area contributed by atoms with Crippen LogP contribution in [0.3, 0.4) is 0 Å². The summed E-state index contributed by atoms with van der Waals surface area (Å²) in [5, 5.41) is 0. The van der Waals surface area contributed by atoms with Crippen molar-refractivity contribution in [3.8, 4) is 0 Å². The van der Waals surface area contributed by atoms with Gasteiger partial charge in [-0.3, -0.25) is 0 Å². The van der Waals surface area contributed by atoms with Crippen molar-refractivity contribution < 1.29 is 0 Å². The molecule has 0 aromatic rings. The first-order valence-electron chi connectivity index (χ1n) is 1.34. The van der Waals surface area contributed by atoms with Gasteiger partial charge in [0.05, 0.1) is 0 Å². The molecule has 0 aromatic carbocycles. The minimum atomic E-state index is -0.282. The highest BCUT2D eigenvalue weighted by atomic mass is 35.5. The fourth-order valence-electron chi connectivity index (χ4n) is 0. The van der Waals surface area contributed by atoms with Crippen molar-refractivity contribution in [2.45, 2.75) is 11.3 Å². The van der Waals surface area contributed by atoms with E-state index in [1.807, 2.05) is 0 Å². The highest BCUT2D eigenvalue weighted by Crippen LogP contribution is 2.03. The molecule has 0 unspecified atom stereocenters. The van der Waals surface area contributed by atoms with Gasteiger partial charge in [-0.05, 0) is 6.42 Å². The van der Waals surface area contributed by atoms with E-state index in [9.17, 15) is 0 Å². The SMILES string of the molecule is [AlH3].[CH2]CC(Cl)Cl. The number of halogens is 2. The molecule has 0 aliphatic heterocycles. The summed E-state index contributed by atoms with van der Waals surface area (Å²) in [6.45, 7) is 3.42. The van der Waals surface area contributed by atoms with Crippen LogP contribution in [0.25, 0.3) is 0 Å². The Hall–Kier alpha value is 1.11. The fourth-order valence-corrected chi connectivity index (χ4v) is 0. The van der Waals surface area contributed by atoms with Crippen LogP contribution < -0.4 is 0 Å². The molecule has 0 aliphatic carbocycles. The lowest BCUT2D eigenvalue weighted by molar-refractivity contribution is 1.16. The molecule has 0 heterocycles. The summed E-state index contributed by atoms with van der Waals surface area (Å²) in [5.41, 5.74) is 0. The van der Waals surface area contributed by atoms with E-state index in [0.717, 1.165) is 0 Å². The monoisotopic (exact) mass is 141 g/mol. The maximum Gasteiger partial charge on any atom is 0.187 e. The Bertz CT molecular complexity index is 22.8. The lowest BCUT2D eigenvalue weighted by Crippen LogP contribution is -1.76. The van der Waals surface area contributed by atoms with E-state index in [1.54, 1.807) is 0 Å². The second kappa shape index (κ2) is 6.11. The van der Waals surface area contributed by atoms with Crippen LogP contribution in [-0.2, 0) is 0 Å². The van der Waals surface area contributed by atoms with Gasteiger partial charge in [0.2, 0.25) is 0 Å². The Morgan fingerprint density at radius 2 is 1.67 bits per heavy atom. The number of alkyl halides is 2. The first-order chi connectivity index (χ1) is 2.27. The summed E-state index contributed by atoms with van der Waals surface area (Å²) in [6, 6.07) is 0. The topological polar surface area (TPSA) is 0 Å². The van der Waals surface area contributed by atoms with Crippen molar-refractivity contribution in [3.05, 3.63) is 6.92 Å². The standard InChI is InChI=1S/C3H5Cl2.Al.3H/c1-2-3(4)5;;;;/h3H,1-2H2;;;;. The second-order valence-corrected chi connectivity index (χ2v) is 1.96. The van der Waals surface area contributed by atoms with Crippen molar-refractivity contribution in [1.82, 2.24) is 0 Å². The van der Waals surface area contributed by atoms with E-state index in [2.05, 4.69) is 6.92 Å². The molecular weight excluding hydrogens is 134 g/mol. The largest absolute Gasteiger partial charge is 0.187 e. The average molecular weight is 142 g/mol. The van der Waals surface area contributed by atoms with E-state index in [1.165, 1.54) is 0 Å². The van der Waals surface area contributed by atoms with Crippen LogP contribution in [0.5, 0.6) is 0 Å². The summed E-state index contributed by atoms with van der Waals surface area (Å²) >= 11 is 10.3. The Kier molecular flexibility index (Phi) is 10.4. The van der Waals surface area contributed by atoms with Gasteiger partial charge in [-0.2, -0.15) is 0 Å². The van der Waals surface area contributed by atoms with Gasteiger partial charge in [-0.1, -0.05) is 6.92 Å². The van der Waals surface area contributed by atoms with E-state index < -0.39 is 0 Å². The van der Waals surface area contributed by atoms with Crippen molar-refractivity contribution in [2.24, 2.45) is 0 Å². The zero-order chi connectivity index (χ0) is 4.28. The highest BCUT2D eigenvalue weighted by Gasteiger charge is 1.86. The molecule has 0 saturated heterocycles. The minimum Gasteiger partial charge on any atom is -0.105 e. The van der Waals surface area contributed by atoms with Crippen molar-refractivity contribution in [2.75, 3.05) is 0 Å². The quantitative estimate of drug-likeness (QED) is 0.375. The Labute approximate surface area is 58.9 Å². The summed E-state index contributed by atoms with van der Waals surface area (Å²) in [7, 11) is 0. The van der Waals surface area contributed by atoms with Crippen LogP contribution in [0.4, 0.5) is 0 Å². The molecule has 0 fully saturated rings. The molecule has 0 amide bonds. The molecule has 0 bridgehead atoms. The molecule has 0 aliphatic rings. The predicted octanol–water partition coefficient (Wildman–Crippen LogP) is 0.830. The van der Waals surface area contributed by atoms with Crippen LogP contribution in [0.2, 0.25) is 0 Å². The van der Waals surface area contributed by atoms with Gasteiger partial charge < -0.3 is 0 Å². The number of rotatable bonds is 1. The normalized spacial score (nSPS) is 8.00. The van der Waals surface area contributed by atoms with E-state index in [0.29, 0.717) is 6.42 Å². The molecular formula is C3H8AlCl2. The number of hydrogen-bond donors (Lipinski definition) is 0. The van der Waals surface area contributed by atoms with Crippen molar-refractivity contribution in [1.29, 1.82) is 0 Å². The third-order valence-corrected chi connectivity index (χ3v) is 0.655. The van der Waals surface area contributed by atoms with Crippen molar-refractivity contribution >= 4 is 40.6 Å². The summed E-state index contributed by atoms with van der Waals surface area (Å²) in [5.74, 6) is 0. The fraction of sp³-hybridized carbons (Fsp3) is 0.667. The van der Waals surface area contributed by atoms with Crippen molar-refractivity contribution in [3.63, 3.8) is 0 Å². The number of hydrogen-bond acceptors (Lipinski definition) is 0. The molecule has 0 N–H and O–H groups in total. The molecule has 0 aromatic heterocycles.